The van der Waals surface area contributed by atoms with E-state index >= 15 is 0 Å². The molecule has 1 unspecified atom stereocenters. The lowest BCUT2D eigenvalue weighted by Gasteiger charge is -2.36. The average Bonchev–Trinajstić information content (AvgIpc) is 2.88. The topological polar surface area (TPSA) is 87.1 Å². The van der Waals surface area contributed by atoms with Crippen LogP contribution in [0.3, 0.4) is 0 Å². The Morgan fingerprint density at radius 2 is 1.66 bits per heavy atom. The minimum absolute atomic E-state index is 0.0175. The molecule has 0 aliphatic heterocycles. The number of aliphatic hydroxyl groups excluding tert-OH is 2. The minimum Gasteiger partial charge on any atom is -0.468 e. The van der Waals surface area contributed by atoms with Crippen molar-refractivity contribution in [3.63, 3.8) is 0 Å². The summed E-state index contributed by atoms with van der Waals surface area (Å²) in [5.74, 6) is -0.140. The summed E-state index contributed by atoms with van der Waals surface area (Å²) in [6.45, 7) is 7.24. The molecule has 0 heterocycles. The maximum Gasteiger partial charge on any atom is 0.316 e. The maximum atomic E-state index is 13.1. The fourth-order valence-corrected chi connectivity index (χ4v) is 4.73. The number of likely N-dealkylation sites (N-methyl/N-ethyl adjacent to an activating group) is 1. The summed E-state index contributed by atoms with van der Waals surface area (Å²) in [5.41, 5.74) is 3.21. The molecule has 0 aromatic heterocycles. The Kier molecular flexibility index (Phi) is 11.1. The summed E-state index contributed by atoms with van der Waals surface area (Å²) < 4.78 is 5.27. The Morgan fingerprint density at radius 3 is 2.20 bits per heavy atom. The summed E-state index contributed by atoms with van der Waals surface area (Å²) in [6.07, 6.45) is 2.80. The molecule has 2 aromatic carbocycles. The molecule has 6 nitrogen and oxygen atoms in total. The molecular formula is C29H41NO5. The van der Waals surface area contributed by atoms with Gasteiger partial charge in [-0.25, -0.2) is 0 Å². The number of methoxy groups -OCH3 is 1. The highest BCUT2D eigenvalue weighted by molar-refractivity contribution is 5.95. The second-order valence-electron chi connectivity index (χ2n) is 9.55. The summed E-state index contributed by atoms with van der Waals surface area (Å²) in [6, 6.07) is 13.3. The van der Waals surface area contributed by atoms with Gasteiger partial charge < -0.3 is 19.8 Å². The van der Waals surface area contributed by atoms with Crippen molar-refractivity contribution in [1.82, 2.24) is 4.90 Å². The molecule has 1 atom stereocenters. The molecule has 0 aliphatic rings. The van der Waals surface area contributed by atoms with Crippen LogP contribution in [0.2, 0.25) is 0 Å². The summed E-state index contributed by atoms with van der Waals surface area (Å²) in [7, 11) is 3.49. The van der Waals surface area contributed by atoms with Gasteiger partial charge in [-0.2, -0.15) is 0 Å². The molecule has 192 valence electrons. The third kappa shape index (κ3) is 7.00. The van der Waals surface area contributed by atoms with E-state index in [-0.39, 0.29) is 30.9 Å². The lowest BCUT2D eigenvalue weighted by Crippen LogP contribution is -2.42. The molecule has 2 rings (SSSR count). The largest absolute Gasteiger partial charge is 0.468 e. The number of carbonyl (C=O) groups excluding carboxylic acids is 2. The molecule has 0 amide bonds. The van der Waals surface area contributed by atoms with Crippen LogP contribution < -0.4 is 0 Å². The second-order valence-corrected chi connectivity index (χ2v) is 9.55. The first-order valence-electron chi connectivity index (χ1n) is 12.5. The SMILES string of the molecule is CCC(=O)c1ccc(CCN(C)CCCC(C(=O)OC)(c2ccc(CO)c(CO)c2)C(C)C)cc1. The Bertz CT molecular complexity index is 970. The number of ether oxygens (including phenoxy) is 1. The number of benzene rings is 2. The normalized spacial score (nSPS) is 13.2. The smallest absolute Gasteiger partial charge is 0.316 e. The zero-order valence-corrected chi connectivity index (χ0v) is 21.8. The molecule has 0 saturated carbocycles. The van der Waals surface area contributed by atoms with Gasteiger partial charge in [0.15, 0.2) is 5.78 Å². The Balaban J connectivity index is 2.09. The summed E-state index contributed by atoms with van der Waals surface area (Å²) in [4.78, 5) is 27.2. The number of hydrogen-bond acceptors (Lipinski definition) is 6. The van der Waals surface area contributed by atoms with Gasteiger partial charge in [0, 0.05) is 18.5 Å². The predicted molar refractivity (Wildman–Crippen MR) is 138 cm³/mol. The third-order valence-corrected chi connectivity index (χ3v) is 7.09. The highest BCUT2D eigenvalue weighted by Gasteiger charge is 2.44. The first-order chi connectivity index (χ1) is 16.7. The van der Waals surface area contributed by atoms with Crippen molar-refractivity contribution in [2.75, 3.05) is 27.2 Å². The van der Waals surface area contributed by atoms with Crippen molar-refractivity contribution >= 4 is 11.8 Å². The van der Waals surface area contributed by atoms with Gasteiger partial charge in [-0.3, -0.25) is 9.59 Å². The number of Topliss-reactive ketones (excluding diaryl/α,β-unsaturated/α-hetero) is 1. The molecule has 0 bridgehead atoms. The first kappa shape index (κ1) is 28.7. The van der Waals surface area contributed by atoms with Crippen molar-refractivity contribution in [3.05, 3.63) is 70.3 Å². The van der Waals surface area contributed by atoms with Crippen LogP contribution in [0, 0.1) is 5.92 Å². The number of esters is 1. The summed E-state index contributed by atoms with van der Waals surface area (Å²) in [5, 5.41) is 19.3. The van der Waals surface area contributed by atoms with E-state index in [1.165, 1.54) is 12.7 Å². The number of carbonyl (C=O) groups is 2. The van der Waals surface area contributed by atoms with Gasteiger partial charge in [-0.1, -0.05) is 63.2 Å². The first-order valence-corrected chi connectivity index (χ1v) is 12.5. The fraction of sp³-hybridized carbons (Fsp3) is 0.517. The molecule has 6 heteroatoms. The molecule has 0 spiro atoms. The van der Waals surface area contributed by atoms with Crippen LogP contribution in [0.15, 0.2) is 42.5 Å². The van der Waals surface area contributed by atoms with Crippen molar-refractivity contribution in [1.29, 1.82) is 0 Å². The molecule has 0 fully saturated rings. The zero-order chi connectivity index (χ0) is 26.0. The highest BCUT2D eigenvalue weighted by Crippen LogP contribution is 2.39. The van der Waals surface area contributed by atoms with Gasteiger partial charge in [-0.15, -0.1) is 0 Å². The molecule has 2 aromatic rings. The van der Waals surface area contributed by atoms with Crippen molar-refractivity contribution < 1.29 is 24.5 Å². The monoisotopic (exact) mass is 483 g/mol. The average molecular weight is 484 g/mol. The minimum atomic E-state index is -0.838. The van der Waals surface area contributed by atoms with Gasteiger partial charge in [-0.05, 0) is 61.0 Å². The summed E-state index contributed by atoms with van der Waals surface area (Å²) >= 11 is 0. The van der Waals surface area contributed by atoms with Crippen LogP contribution in [0.1, 0.15) is 72.6 Å². The fourth-order valence-electron chi connectivity index (χ4n) is 4.73. The van der Waals surface area contributed by atoms with Crippen LogP contribution >= 0.6 is 0 Å². The standard InChI is InChI=1S/C29H41NO5/c1-6-27(33)23-10-8-22(9-11-23)14-17-30(4)16-7-15-29(21(2)3,28(34)35-5)26-13-12-24(19-31)25(18-26)20-32/h8-13,18,21,31-32H,6-7,14-17,19-20H2,1-5H3. The van der Waals surface area contributed by atoms with Crippen molar-refractivity contribution in [3.8, 4) is 0 Å². The van der Waals surface area contributed by atoms with Crippen molar-refractivity contribution in [2.45, 2.75) is 65.1 Å². The maximum absolute atomic E-state index is 13.1. The lowest BCUT2D eigenvalue weighted by molar-refractivity contribution is -0.150. The van der Waals surface area contributed by atoms with E-state index in [0.29, 0.717) is 24.0 Å². The number of hydrogen-bond donors (Lipinski definition) is 2. The highest BCUT2D eigenvalue weighted by atomic mass is 16.5. The van der Waals surface area contributed by atoms with E-state index in [0.717, 1.165) is 37.1 Å². The Morgan fingerprint density at radius 1 is 1.00 bits per heavy atom. The zero-order valence-electron chi connectivity index (χ0n) is 21.8. The number of ketones is 1. The van der Waals surface area contributed by atoms with Crippen LogP contribution in [-0.4, -0.2) is 54.1 Å². The van der Waals surface area contributed by atoms with Crippen LogP contribution in [0.5, 0.6) is 0 Å². The van der Waals surface area contributed by atoms with Gasteiger partial charge in [0.1, 0.15) is 0 Å². The van der Waals surface area contributed by atoms with Crippen LogP contribution in [0.25, 0.3) is 0 Å². The molecule has 0 aliphatic carbocycles. The van der Waals surface area contributed by atoms with Gasteiger partial charge in [0.05, 0.1) is 25.7 Å². The van der Waals surface area contributed by atoms with E-state index in [4.69, 9.17) is 4.74 Å². The van der Waals surface area contributed by atoms with E-state index in [2.05, 4.69) is 11.9 Å². The predicted octanol–water partition coefficient (Wildman–Crippen LogP) is 4.29. The molecule has 0 radical (unpaired) electrons. The van der Waals surface area contributed by atoms with E-state index in [9.17, 15) is 19.8 Å². The Labute approximate surface area is 209 Å². The quantitative estimate of drug-likeness (QED) is 0.308. The van der Waals surface area contributed by atoms with Gasteiger partial charge in [0.2, 0.25) is 0 Å². The van der Waals surface area contributed by atoms with E-state index in [1.807, 2.05) is 57.2 Å². The molecule has 2 N–H and O–H groups in total. The van der Waals surface area contributed by atoms with Crippen molar-refractivity contribution in [2.24, 2.45) is 5.92 Å². The van der Waals surface area contributed by atoms with Gasteiger partial charge in [0.25, 0.3) is 0 Å². The Hall–Kier alpha value is -2.54. The second kappa shape index (κ2) is 13.5. The van der Waals surface area contributed by atoms with Gasteiger partial charge >= 0.3 is 5.97 Å². The van der Waals surface area contributed by atoms with E-state index < -0.39 is 5.41 Å². The van der Waals surface area contributed by atoms with Crippen LogP contribution in [-0.2, 0) is 34.6 Å². The number of rotatable bonds is 14. The third-order valence-electron chi connectivity index (χ3n) is 7.09. The molecular weight excluding hydrogens is 442 g/mol. The molecule has 0 saturated heterocycles. The van der Waals surface area contributed by atoms with Crippen LogP contribution in [0.4, 0.5) is 0 Å². The van der Waals surface area contributed by atoms with E-state index in [1.54, 1.807) is 6.07 Å². The number of aliphatic hydroxyl groups is 2. The molecule has 35 heavy (non-hydrogen) atoms. The lowest BCUT2D eigenvalue weighted by atomic mass is 9.68. The number of nitrogens with zero attached hydrogens (tertiary/aromatic N) is 1.